The molecule has 0 aromatic rings. The van der Waals surface area contributed by atoms with Gasteiger partial charge in [0, 0.05) is 13.1 Å². The lowest BCUT2D eigenvalue weighted by Gasteiger charge is -2.16. The van der Waals surface area contributed by atoms with Crippen LogP contribution in [0.4, 0.5) is 0 Å². The molecule has 1 unspecified atom stereocenters. The fraction of sp³-hybridized carbons (Fsp3) is 0.556. The van der Waals surface area contributed by atoms with Gasteiger partial charge in [0.25, 0.3) is 0 Å². The third-order valence-corrected chi connectivity index (χ3v) is 2.08. The second-order valence-electron chi connectivity index (χ2n) is 3.18. The van der Waals surface area contributed by atoms with E-state index in [4.69, 9.17) is 0 Å². The van der Waals surface area contributed by atoms with Gasteiger partial charge < -0.3 is 4.90 Å². The summed E-state index contributed by atoms with van der Waals surface area (Å²) < 4.78 is 0. The van der Waals surface area contributed by atoms with Gasteiger partial charge >= 0.3 is 0 Å². The van der Waals surface area contributed by atoms with Gasteiger partial charge in [0.15, 0.2) is 0 Å². The highest BCUT2D eigenvalue weighted by molar-refractivity contribution is 5.63. The molecule has 0 spiro atoms. The van der Waals surface area contributed by atoms with Gasteiger partial charge in [0.05, 0.1) is 0 Å². The van der Waals surface area contributed by atoms with E-state index in [0.29, 0.717) is 0 Å². The number of hydrogen-bond donors (Lipinski definition) is 0. The first-order valence-corrected chi connectivity index (χ1v) is 4.16. The van der Waals surface area contributed by atoms with Crippen LogP contribution in [-0.2, 0) is 0 Å². The van der Waals surface area contributed by atoms with Crippen LogP contribution in [0, 0.1) is 5.92 Å². The molecular formula is C9H15N3. The minimum absolute atomic E-state index is 0.758. The van der Waals surface area contributed by atoms with E-state index >= 15 is 0 Å². The van der Waals surface area contributed by atoms with Crippen LogP contribution in [0.5, 0.6) is 0 Å². The number of hydrogen-bond acceptors (Lipinski definition) is 2. The van der Waals surface area contributed by atoms with Crippen LogP contribution < -0.4 is 0 Å². The van der Waals surface area contributed by atoms with E-state index < -0.39 is 0 Å². The molecule has 0 bridgehead atoms. The zero-order valence-electron chi connectivity index (χ0n) is 7.53. The SMILES string of the molecule is C=NC=NC(=C)N1CCC(C)C1. The quantitative estimate of drug-likeness (QED) is 0.460. The predicted molar refractivity (Wildman–Crippen MR) is 52.5 cm³/mol. The van der Waals surface area contributed by atoms with E-state index in [1.165, 1.54) is 12.8 Å². The third kappa shape index (κ3) is 2.19. The zero-order chi connectivity index (χ0) is 8.97. The second-order valence-corrected chi connectivity index (χ2v) is 3.18. The van der Waals surface area contributed by atoms with Gasteiger partial charge in [-0.2, -0.15) is 0 Å². The Hall–Kier alpha value is -1.12. The molecule has 1 saturated heterocycles. The summed E-state index contributed by atoms with van der Waals surface area (Å²) in [6.45, 7) is 11.5. The second kappa shape index (κ2) is 4.04. The van der Waals surface area contributed by atoms with Crippen LogP contribution in [0.1, 0.15) is 13.3 Å². The van der Waals surface area contributed by atoms with Crippen LogP contribution >= 0.6 is 0 Å². The van der Waals surface area contributed by atoms with Crippen LogP contribution in [0.25, 0.3) is 0 Å². The van der Waals surface area contributed by atoms with Gasteiger partial charge in [-0.05, 0) is 19.1 Å². The van der Waals surface area contributed by atoms with E-state index in [1.54, 1.807) is 0 Å². The Morgan fingerprint density at radius 3 is 2.92 bits per heavy atom. The summed E-state index contributed by atoms with van der Waals surface area (Å²) in [6.07, 6.45) is 2.67. The first-order valence-electron chi connectivity index (χ1n) is 4.16. The molecule has 3 nitrogen and oxygen atoms in total. The lowest BCUT2D eigenvalue weighted by molar-refractivity contribution is 0.409. The summed E-state index contributed by atoms with van der Waals surface area (Å²) in [7, 11) is 0. The summed E-state index contributed by atoms with van der Waals surface area (Å²) in [4.78, 5) is 9.75. The Kier molecular flexibility index (Phi) is 3.02. The normalized spacial score (nSPS) is 23.4. The van der Waals surface area contributed by atoms with Crippen molar-refractivity contribution in [3.05, 3.63) is 12.4 Å². The molecule has 66 valence electrons. The standard InChI is InChI=1S/C9H15N3/c1-8-4-5-12(6-8)9(2)11-7-10-3/h7-8H,2-6H2,1H3. The molecule has 0 radical (unpaired) electrons. The average Bonchev–Trinajstić information content (AvgIpc) is 2.47. The van der Waals surface area contributed by atoms with Crippen LogP contribution in [0.3, 0.4) is 0 Å². The van der Waals surface area contributed by atoms with Crippen LogP contribution in [0.15, 0.2) is 22.4 Å². The topological polar surface area (TPSA) is 28.0 Å². The molecule has 0 aromatic carbocycles. The largest absolute Gasteiger partial charge is 0.357 e. The van der Waals surface area contributed by atoms with Crippen LogP contribution in [-0.4, -0.2) is 31.0 Å². The van der Waals surface area contributed by atoms with Crippen molar-refractivity contribution in [2.75, 3.05) is 13.1 Å². The minimum Gasteiger partial charge on any atom is -0.357 e. The Bertz CT molecular complexity index is 208. The monoisotopic (exact) mass is 165 g/mol. The Balaban J connectivity index is 2.43. The molecule has 1 atom stereocenters. The maximum Gasteiger partial charge on any atom is 0.123 e. The van der Waals surface area contributed by atoms with Crippen molar-refractivity contribution in [3.63, 3.8) is 0 Å². The Morgan fingerprint density at radius 2 is 2.42 bits per heavy atom. The van der Waals surface area contributed by atoms with Crippen molar-refractivity contribution >= 4 is 13.1 Å². The Morgan fingerprint density at radius 1 is 1.67 bits per heavy atom. The van der Waals surface area contributed by atoms with E-state index in [0.717, 1.165) is 24.8 Å². The molecule has 1 heterocycles. The first kappa shape index (κ1) is 8.97. The average molecular weight is 165 g/mol. The summed E-state index contributed by atoms with van der Waals surface area (Å²) >= 11 is 0. The molecule has 1 rings (SSSR count). The number of likely N-dealkylation sites (tertiary alicyclic amines) is 1. The molecule has 12 heavy (non-hydrogen) atoms. The lowest BCUT2D eigenvalue weighted by atomic mass is 10.2. The predicted octanol–water partition coefficient (Wildman–Crippen LogP) is 1.53. The van der Waals surface area contributed by atoms with Gasteiger partial charge in [0.2, 0.25) is 0 Å². The molecular weight excluding hydrogens is 150 g/mol. The van der Waals surface area contributed by atoms with Crippen molar-refractivity contribution in [2.45, 2.75) is 13.3 Å². The van der Waals surface area contributed by atoms with Gasteiger partial charge in [-0.1, -0.05) is 13.5 Å². The van der Waals surface area contributed by atoms with Gasteiger partial charge in [-0.15, -0.1) is 0 Å². The van der Waals surface area contributed by atoms with Crippen LogP contribution in [0.2, 0.25) is 0 Å². The van der Waals surface area contributed by atoms with Crippen molar-refractivity contribution in [2.24, 2.45) is 15.9 Å². The first-order chi connectivity index (χ1) is 5.74. The molecule has 0 aromatic heterocycles. The Labute approximate surface area is 73.5 Å². The molecule has 3 heteroatoms. The number of aliphatic imine (C=N–C) groups is 2. The molecule has 0 amide bonds. The smallest absolute Gasteiger partial charge is 0.123 e. The minimum atomic E-state index is 0.758. The molecule has 1 aliphatic heterocycles. The van der Waals surface area contributed by atoms with Gasteiger partial charge in [-0.3, -0.25) is 4.99 Å². The summed E-state index contributed by atoms with van der Waals surface area (Å²) in [5.41, 5.74) is 0. The van der Waals surface area contributed by atoms with E-state index in [9.17, 15) is 0 Å². The van der Waals surface area contributed by atoms with Crippen molar-refractivity contribution in [1.82, 2.24) is 4.90 Å². The molecule has 1 aliphatic rings. The highest BCUT2D eigenvalue weighted by atomic mass is 15.2. The van der Waals surface area contributed by atoms with Crippen molar-refractivity contribution in [3.8, 4) is 0 Å². The molecule has 1 fully saturated rings. The highest BCUT2D eigenvalue weighted by Gasteiger charge is 2.18. The molecule has 0 N–H and O–H groups in total. The molecule has 0 saturated carbocycles. The fourth-order valence-corrected chi connectivity index (χ4v) is 1.36. The van der Waals surface area contributed by atoms with E-state index in [2.05, 4.69) is 35.1 Å². The maximum absolute atomic E-state index is 4.04. The third-order valence-electron chi connectivity index (χ3n) is 2.08. The van der Waals surface area contributed by atoms with Crippen molar-refractivity contribution in [1.29, 1.82) is 0 Å². The summed E-state index contributed by atoms with van der Waals surface area (Å²) in [5, 5.41) is 0. The van der Waals surface area contributed by atoms with E-state index in [1.807, 2.05) is 0 Å². The summed E-state index contributed by atoms with van der Waals surface area (Å²) in [6, 6.07) is 0. The van der Waals surface area contributed by atoms with E-state index in [-0.39, 0.29) is 0 Å². The lowest BCUT2D eigenvalue weighted by Crippen LogP contribution is -2.17. The van der Waals surface area contributed by atoms with Gasteiger partial charge in [-0.25, -0.2) is 4.99 Å². The molecule has 0 aliphatic carbocycles. The highest BCUT2D eigenvalue weighted by Crippen LogP contribution is 2.18. The zero-order valence-corrected chi connectivity index (χ0v) is 7.53. The fourth-order valence-electron chi connectivity index (χ4n) is 1.36. The number of nitrogens with zero attached hydrogens (tertiary/aromatic N) is 3. The van der Waals surface area contributed by atoms with Gasteiger partial charge in [0.1, 0.15) is 12.2 Å². The maximum atomic E-state index is 4.04. The van der Waals surface area contributed by atoms with Crippen molar-refractivity contribution < 1.29 is 0 Å². The number of rotatable bonds is 3. The summed E-state index contributed by atoms with van der Waals surface area (Å²) in [5.74, 6) is 1.56.